The van der Waals surface area contributed by atoms with E-state index in [0.717, 1.165) is 16.9 Å². The van der Waals surface area contributed by atoms with E-state index in [-0.39, 0.29) is 11.9 Å². The van der Waals surface area contributed by atoms with Crippen LogP contribution in [0.4, 0.5) is 4.39 Å². The van der Waals surface area contributed by atoms with Crippen molar-refractivity contribution in [2.75, 3.05) is 0 Å². The number of imidazole rings is 1. The number of fused-ring (bicyclic) bond motifs is 1. The molecule has 0 amide bonds. The van der Waals surface area contributed by atoms with Gasteiger partial charge in [0.15, 0.2) is 11.9 Å². The standard InChI is InChI=1S/C22H18ClFN2O/c1-15(27-18-12-10-17(23)11-13-18)22-25-20-8-4-5-9-21(20)26(22)14-16-6-2-3-7-19(16)24/h2-13,15H,14H2,1H3. The summed E-state index contributed by atoms with van der Waals surface area (Å²) in [5.74, 6) is 1.22. The van der Waals surface area contributed by atoms with Gasteiger partial charge < -0.3 is 9.30 Å². The molecule has 0 bridgehead atoms. The van der Waals surface area contributed by atoms with Gasteiger partial charge in [0.25, 0.3) is 0 Å². The molecule has 0 aliphatic rings. The minimum absolute atomic E-state index is 0.229. The van der Waals surface area contributed by atoms with Crippen LogP contribution in [0.15, 0.2) is 72.8 Å². The molecule has 27 heavy (non-hydrogen) atoms. The molecule has 0 saturated carbocycles. The lowest BCUT2D eigenvalue weighted by atomic mass is 10.2. The van der Waals surface area contributed by atoms with E-state index < -0.39 is 0 Å². The van der Waals surface area contributed by atoms with Gasteiger partial charge in [0.1, 0.15) is 11.6 Å². The zero-order valence-corrected chi connectivity index (χ0v) is 15.5. The van der Waals surface area contributed by atoms with Crippen molar-refractivity contribution >= 4 is 22.6 Å². The Morgan fingerprint density at radius 2 is 1.70 bits per heavy atom. The zero-order valence-electron chi connectivity index (χ0n) is 14.8. The molecule has 4 rings (SSSR count). The van der Waals surface area contributed by atoms with Crippen molar-refractivity contribution in [2.45, 2.75) is 19.6 Å². The van der Waals surface area contributed by atoms with Gasteiger partial charge in [-0.2, -0.15) is 0 Å². The van der Waals surface area contributed by atoms with Crippen LogP contribution in [0.2, 0.25) is 5.02 Å². The minimum Gasteiger partial charge on any atom is -0.483 e. The van der Waals surface area contributed by atoms with E-state index in [2.05, 4.69) is 0 Å². The van der Waals surface area contributed by atoms with Crippen LogP contribution in [0, 0.1) is 5.82 Å². The molecule has 0 radical (unpaired) electrons. The van der Waals surface area contributed by atoms with Gasteiger partial charge >= 0.3 is 0 Å². The summed E-state index contributed by atoms with van der Waals surface area (Å²) in [5, 5.41) is 0.654. The summed E-state index contributed by atoms with van der Waals surface area (Å²) in [4.78, 5) is 4.74. The molecule has 0 spiro atoms. The van der Waals surface area contributed by atoms with Crippen molar-refractivity contribution in [2.24, 2.45) is 0 Å². The second-order valence-corrected chi connectivity index (χ2v) is 6.79. The predicted octanol–water partition coefficient (Wildman–Crippen LogP) is 6.02. The molecule has 1 unspecified atom stereocenters. The highest BCUT2D eigenvalue weighted by Crippen LogP contribution is 2.27. The van der Waals surface area contributed by atoms with E-state index in [1.807, 2.05) is 54.0 Å². The number of benzene rings is 3. The number of ether oxygens (including phenoxy) is 1. The van der Waals surface area contributed by atoms with Crippen LogP contribution in [0.5, 0.6) is 5.75 Å². The van der Waals surface area contributed by atoms with Gasteiger partial charge in [-0.3, -0.25) is 0 Å². The van der Waals surface area contributed by atoms with E-state index >= 15 is 0 Å². The molecule has 0 fully saturated rings. The van der Waals surface area contributed by atoms with Crippen LogP contribution >= 0.6 is 11.6 Å². The van der Waals surface area contributed by atoms with Crippen molar-refractivity contribution < 1.29 is 9.13 Å². The second-order valence-electron chi connectivity index (χ2n) is 6.35. The summed E-state index contributed by atoms with van der Waals surface area (Å²) < 4.78 is 22.3. The largest absolute Gasteiger partial charge is 0.483 e. The average molecular weight is 381 g/mol. The van der Waals surface area contributed by atoms with Crippen LogP contribution in [0.1, 0.15) is 24.4 Å². The first-order chi connectivity index (χ1) is 13.1. The molecule has 0 aliphatic carbocycles. The van der Waals surface area contributed by atoms with Crippen LogP contribution in [-0.4, -0.2) is 9.55 Å². The predicted molar refractivity (Wildman–Crippen MR) is 106 cm³/mol. The fourth-order valence-corrected chi connectivity index (χ4v) is 3.26. The third kappa shape index (κ3) is 3.67. The average Bonchev–Trinajstić information content (AvgIpc) is 3.04. The topological polar surface area (TPSA) is 27.1 Å². The summed E-state index contributed by atoms with van der Waals surface area (Å²) >= 11 is 5.94. The fraction of sp³-hybridized carbons (Fsp3) is 0.136. The minimum atomic E-state index is -0.314. The molecule has 1 atom stereocenters. The van der Waals surface area contributed by atoms with Gasteiger partial charge in [-0.05, 0) is 49.4 Å². The zero-order chi connectivity index (χ0) is 18.8. The number of aromatic nitrogens is 2. The number of halogens is 2. The quantitative estimate of drug-likeness (QED) is 0.423. The normalized spacial score (nSPS) is 12.3. The Bertz CT molecular complexity index is 1080. The highest BCUT2D eigenvalue weighted by atomic mass is 35.5. The number of nitrogens with zero attached hydrogens (tertiary/aromatic N) is 2. The molecule has 1 heterocycles. The molecule has 0 aliphatic heterocycles. The summed E-state index contributed by atoms with van der Waals surface area (Å²) in [6.07, 6.45) is -0.314. The van der Waals surface area contributed by atoms with E-state index in [0.29, 0.717) is 22.9 Å². The maximum atomic E-state index is 14.2. The van der Waals surface area contributed by atoms with Crippen molar-refractivity contribution in [3.63, 3.8) is 0 Å². The Hall–Kier alpha value is -2.85. The Balaban J connectivity index is 1.73. The van der Waals surface area contributed by atoms with Crippen LogP contribution < -0.4 is 4.74 Å². The molecular formula is C22H18ClFN2O. The Labute approximate surface area is 162 Å². The number of hydrogen-bond acceptors (Lipinski definition) is 2. The first-order valence-corrected chi connectivity index (χ1v) is 9.10. The molecule has 0 saturated heterocycles. The summed E-state index contributed by atoms with van der Waals surface area (Å²) in [6, 6.07) is 21.8. The Morgan fingerprint density at radius 3 is 2.48 bits per heavy atom. The number of hydrogen-bond donors (Lipinski definition) is 0. The SMILES string of the molecule is CC(Oc1ccc(Cl)cc1)c1nc2ccccc2n1Cc1ccccc1F. The third-order valence-corrected chi connectivity index (χ3v) is 4.71. The van der Waals surface area contributed by atoms with Gasteiger partial charge in [0, 0.05) is 10.6 Å². The lowest BCUT2D eigenvalue weighted by molar-refractivity contribution is 0.212. The molecule has 5 heteroatoms. The molecular weight excluding hydrogens is 363 g/mol. The molecule has 3 aromatic carbocycles. The van der Waals surface area contributed by atoms with E-state index in [1.54, 1.807) is 24.3 Å². The Kier molecular flexibility index (Phi) is 4.82. The maximum absolute atomic E-state index is 14.2. The highest BCUT2D eigenvalue weighted by Gasteiger charge is 2.19. The number of rotatable bonds is 5. The fourth-order valence-electron chi connectivity index (χ4n) is 3.14. The van der Waals surface area contributed by atoms with E-state index in [9.17, 15) is 4.39 Å². The first-order valence-electron chi connectivity index (χ1n) is 8.72. The van der Waals surface area contributed by atoms with E-state index in [1.165, 1.54) is 6.07 Å². The lowest BCUT2D eigenvalue weighted by Gasteiger charge is -2.17. The molecule has 1 aromatic heterocycles. The van der Waals surface area contributed by atoms with Crippen molar-refractivity contribution in [1.29, 1.82) is 0 Å². The smallest absolute Gasteiger partial charge is 0.153 e. The third-order valence-electron chi connectivity index (χ3n) is 4.46. The van der Waals surface area contributed by atoms with Crippen molar-refractivity contribution in [3.05, 3.63) is 95.0 Å². The second kappa shape index (κ2) is 7.41. The van der Waals surface area contributed by atoms with Gasteiger partial charge in [0.05, 0.1) is 17.6 Å². The van der Waals surface area contributed by atoms with Gasteiger partial charge in [-0.25, -0.2) is 9.37 Å². The van der Waals surface area contributed by atoms with Gasteiger partial charge in [-0.15, -0.1) is 0 Å². The van der Waals surface area contributed by atoms with Crippen molar-refractivity contribution in [3.8, 4) is 5.75 Å². The van der Waals surface area contributed by atoms with Gasteiger partial charge in [0.2, 0.25) is 0 Å². The maximum Gasteiger partial charge on any atom is 0.153 e. The monoisotopic (exact) mass is 380 g/mol. The first kappa shape index (κ1) is 17.6. The molecule has 4 aromatic rings. The summed E-state index contributed by atoms with van der Waals surface area (Å²) in [6.45, 7) is 2.32. The molecule has 0 N–H and O–H groups in total. The Morgan fingerprint density at radius 1 is 1.00 bits per heavy atom. The van der Waals surface area contributed by atoms with Crippen LogP contribution in [-0.2, 0) is 6.54 Å². The summed E-state index contributed by atoms with van der Waals surface area (Å²) in [7, 11) is 0. The highest BCUT2D eigenvalue weighted by molar-refractivity contribution is 6.30. The van der Waals surface area contributed by atoms with Crippen LogP contribution in [0.3, 0.4) is 0 Å². The van der Waals surface area contributed by atoms with Crippen LogP contribution in [0.25, 0.3) is 11.0 Å². The van der Waals surface area contributed by atoms with Crippen molar-refractivity contribution in [1.82, 2.24) is 9.55 Å². The van der Waals surface area contributed by atoms with Gasteiger partial charge in [-0.1, -0.05) is 41.9 Å². The molecule has 3 nitrogen and oxygen atoms in total. The number of para-hydroxylation sites is 2. The molecule has 136 valence electrons. The summed E-state index contributed by atoms with van der Waals surface area (Å²) in [5.41, 5.74) is 2.42. The lowest BCUT2D eigenvalue weighted by Crippen LogP contribution is -2.13. The van der Waals surface area contributed by atoms with E-state index in [4.69, 9.17) is 21.3 Å².